The molecule has 0 atom stereocenters. The maximum absolute atomic E-state index is 11.9. The molecular weight excluding hydrogens is 256 g/mol. The van der Waals surface area contributed by atoms with Gasteiger partial charge in [0, 0.05) is 12.2 Å². The van der Waals surface area contributed by atoms with Gasteiger partial charge in [0.25, 0.3) is 11.8 Å². The molecule has 0 saturated heterocycles. The quantitative estimate of drug-likeness (QED) is 0.647. The van der Waals surface area contributed by atoms with E-state index in [0.29, 0.717) is 0 Å². The molecule has 5 nitrogen and oxygen atoms in total. The van der Waals surface area contributed by atoms with Crippen LogP contribution in [0.1, 0.15) is 12.5 Å². The van der Waals surface area contributed by atoms with Crippen LogP contribution in [0.15, 0.2) is 48.6 Å². The summed E-state index contributed by atoms with van der Waals surface area (Å²) in [5, 5.41) is 0.898. The Morgan fingerprint density at radius 1 is 1.25 bits per heavy atom. The summed E-state index contributed by atoms with van der Waals surface area (Å²) in [7, 11) is 0. The van der Waals surface area contributed by atoms with E-state index < -0.39 is 11.8 Å². The lowest BCUT2D eigenvalue weighted by molar-refractivity contribution is -0.134. The minimum absolute atomic E-state index is 0.332. The summed E-state index contributed by atoms with van der Waals surface area (Å²) >= 11 is 0. The third-order valence-corrected chi connectivity index (χ3v) is 2.27. The Kier molecular flexibility index (Phi) is 6.47. The van der Waals surface area contributed by atoms with E-state index in [2.05, 4.69) is 5.43 Å². The molecule has 1 aromatic rings. The van der Waals surface area contributed by atoms with Crippen LogP contribution in [-0.4, -0.2) is 29.7 Å². The second-order valence-corrected chi connectivity index (χ2v) is 3.79. The van der Waals surface area contributed by atoms with E-state index in [1.165, 1.54) is 18.2 Å². The second-order valence-electron chi connectivity index (χ2n) is 3.79. The molecule has 0 aliphatic carbocycles. The molecule has 0 aliphatic heterocycles. The van der Waals surface area contributed by atoms with Gasteiger partial charge in [-0.15, -0.1) is 0 Å². The number of carbonyl (C=O) groups is 2. The van der Waals surface area contributed by atoms with Crippen molar-refractivity contribution in [3.63, 3.8) is 0 Å². The highest BCUT2D eigenvalue weighted by Crippen LogP contribution is 2.01. The predicted molar refractivity (Wildman–Crippen MR) is 75.8 cm³/mol. The van der Waals surface area contributed by atoms with Gasteiger partial charge in [0.1, 0.15) is 6.54 Å². The van der Waals surface area contributed by atoms with E-state index >= 15 is 0 Å². The van der Waals surface area contributed by atoms with Crippen molar-refractivity contribution in [1.29, 1.82) is 0 Å². The van der Waals surface area contributed by atoms with E-state index in [1.54, 1.807) is 19.3 Å². The zero-order valence-electron chi connectivity index (χ0n) is 11.1. The average molecular weight is 271 g/mol. The fourth-order valence-corrected chi connectivity index (χ4v) is 1.38. The van der Waals surface area contributed by atoms with Crippen LogP contribution in [0.5, 0.6) is 0 Å². The van der Waals surface area contributed by atoms with Crippen molar-refractivity contribution < 1.29 is 14.4 Å². The van der Waals surface area contributed by atoms with Crippen molar-refractivity contribution in [2.45, 2.75) is 6.92 Å². The molecule has 0 bridgehead atoms. The Bertz CT molecular complexity index is 521. The number of amides is 2. The number of nitrogens with one attached hydrogen (secondary N) is 1. The van der Waals surface area contributed by atoms with Gasteiger partial charge in [-0.1, -0.05) is 36.4 Å². The van der Waals surface area contributed by atoms with Gasteiger partial charge >= 0.3 is 0 Å². The Morgan fingerprint density at radius 2 is 1.95 bits per heavy atom. The molecule has 1 rings (SSSR count). The first-order chi connectivity index (χ1) is 9.67. The molecule has 0 fully saturated rings. The predicted octanol–water partition coefficient (Wildman–Crippen LogP) is 1.25. The zero-order chi connectivity index (χ0) is 14.8. The first kappa shape index (κ1) is 15.4. The summed E-state index contributed by atoms with van der Waals surface area (Å²) < 4.78 is 0. The van der Waals surface area contributed by atoms with Gasteiger partial charge in [-0.3, -0.25) is 19.8 Å². The fourth-order valence-electron chi connectivity index (χ4n) is 1.38. The summed E-state index contributed by atoms with van der Waals surface area (Å²) in [5.74, 6) is -0.987. The van der Waals surface area contributed by atoms with Crippen LogP contribution in [0, 0.1) is 0 Å². The molecule has 5 heteroatoms. The highest BCUT2D eigenvalue weighted by molar-refractivity contribution is 5.95. The summed E-state index contributed by atoms with van der Waals surface area (Å²) in [4.78, 5) is 33.6. The lowest BCUT2D eigenvalue weighted by Crippen LogP contribution is -2.45. The van der Waals surface area contributed by atoms with Gasteiger partial charge in [-0.2, -0.15) is 0 Å². The van der Waals surface area contributed by atoms with Crippen LogP contribution in [0.2, 0.25) is 0 Å². The lowest BCUT2D eigenvalue weighted by atomic mass is 10.2. The van der Waals surface area contributed by atoms with Crippen molar-refractivity contribution in [2.24, 2.45) is 0 Å². The zero-order valence-corrected chi connectivity index (χ0v) is 11.1. The lowest BCUT2D eigenvalue weighted by Gasteiger charge is -2.17. The van der Waals surface area contributed by atoms with Crippen LogP contribution >= 0.6 is 0 Å². The number of carbonyl (C=O) groups excluding carboxylic acids is 3. The number of hydrogen-bond acceptors (Lipinski definition) is 3. The van der Waals surface area contributed by atoms with Crippen molar-refractivity contribution in [3.8, 4) is 0 Å². The van der Waals surface area contributed by atoms with Gasteiger partial charge < -0.3 is 0 Å². The third kappa shape index (κ3) is 5.30. The molecule has 0 aromatic heterocycles. The van der Waals surface area contributed by atoms with Crippen LogP contribution in [-0.2, 0) is 14.4 Å². The van der Waals surface area contributed by atoms with Gasteiger partial charge in [0.2, 0.25) is 6.29 Å². The van der Waals surface area contributed by atoms with E-state index in [4.69, 9.17) is 0 Å². The largest absolute Gasteiger partial charge is 0.289 e. The molecule has 0 aliphatic rings. The number of hydrazine groups is 1. The maximum atomic E-state index is 11.9. The van der Waals surface area contributed by atoms with E-state index in [0.717, 1.165) is 10.6 Å². The third-order valence-electron chi connectivity index (χ3n) is 2.27. The molecule has 0 unspecified atom stereocenters. The first-order valence-corrected chi connectivity index (χ1v) is 6.00. The Hall–Kier alpha value is -2.69. The first-order valence-electron chi connectivity index (χ1n) is 6.00. The van der Waals surface area contributed by atoms with Gasteiger partial charge in [-0.05, 0) is 18.6 Å². The molecule has 103 valence electrons. The van der Waals surface area contributed by atoms with Gasteiger partial charge in [0.05, 0.1) is 0 Å². The molecular formula is C15H15N2O3. The molecule has 0 spiro atoms. The number of nitrogens with zero attached hydrogens (tertiary/aromatic N) is 1. The van der Waals surface area contributed by atoms with Gasteiger partial charge in [-0.25, -0.2) is 5.01 Å². The highest BCUT2D eigenvalue weighted by Gasteiger charge is 2.12. The van der Waals surface area contributed by atoms with Crippen LogP contribution in [0.3, 0.4) is 0 Å². The van der Waals surface area contributed by atoms with E-state index in [9.17, 15) is 14.4 Å². The monoisotopic (exact) mass is 271 g/mol. The molecule has 0 saturated carbocycles. The number of benzene rings is 1. The SMILES string of the molecule is C/C=C/C(=O)NN(C[C]=O)C(=O)/C=C/c1ccccc1. The fraction of sp³-hybridized carbons (Fsp3) is 0.133. The smallest absolute Gasteiger partial charge is 0.265 e. The van der Waals surface area contributed by atoms with Crippen LogP contribution in [0.25, 0.3) is 6.08 Å². The van der Waals surface area contributed by atoms with Crippen LogP contribution < -0.4 is 5.43 Å². The van der Waals surface area contributed by atoms with Crippen LogP contribution in [0.4, 0.5) is 0 Å². The topological polar surface area (TPSA) is 66.5 Å². The van der Waals surface area contributed by atoms with E-state index in [1.807, 2.05) is 30.3 Å². The Balaban J connectivity index is 2.71. The van der Waals surface area contributed by atoms with Gasteiger partial charge in [0.15, 0.2) is 0 Å². The minimum atomic E-state index is -0.505. The van der Waals surface area contributed by atoms with Crippen molar-refractivity contribution >= 4 is 24.2 Å². The molecule has 1 aromatic carbocycles. The van der Waals surface area contributed by atoms with Crippen molar-refractivity contribution in [2.75, 3.05) is 6.54 Å². The highest BCUT2D eigenvalue weighted by atomic mass is 16.2. The molecule has 0 heterocycles. The van der Waals surface area contributed by atoms with Crippen molar-refractivity contribution in [3.05, 3.63) is 54.1 Å². The van der Waals surface area contributed by atoms with Crippen molar-refractivity contribution in [1.82, 2.24) is 10.4 Å². The molecule has 2 amide bonds. The average Bonchev–Trinajstić information content (AvgIpc) is 2.45. The summed E-state index contributed by atoms with van der Waals surface area (Å²) in [6, 6.07) is 9.21. The number of rotatable bonds is 5. The summed E-state index contributed by atoms with van der Waals surface area (Å²) in [5.41, 5.74) is 3.14. The molecule has 1 N–H and O–H groups in total. The molecule has 1 radical (unpaired) electrons. The van der Waals surface area contributed by atoms with E-state index in [-0.39, 0.29) is 6.54 Å². The number of hydrogen-bond donors (Lipinski definition) is 1. The Morgan fingerprint density at radius 3 is 2.55 bits per heavy atom. The second kappa shape index (κ2) is 8.42. The normalized spacial score (nSPS) is 10.7. The standard InChI is InChI=1S/C15H15N2O3/c1-2-6-14(19)16-17(11-12-18)15(20)10-9-13-7-4-3-5-8-13/h2-10H,11H2,1H3,(H,16,19)/b6-2+,10-9+. The maximum Gasteiger partial charge on any atom is 0.265 e. The summed E-state index contributed by atoms with van der Waals surface area (Å²) in [6.45, 7) is 1.34. The molecule has 20 heavy (non-hydrogen) atoms. The number of allylic oxidation sites excluding steroid dienone is 1. The minimum Gasteiger partial charge on any atom is -0.289 e. The summed E-state index contributed by atoms with van der Waals surface area (Å²) in [6.07, 6.45) is 7.24. The Labute approximate surface area is 117 Å².